The first-order valence-electron chi connectivity index (χ1n) is 10.2. The van der Waals surface area contributed by atoms with E-state index in [0.717, 1.165) is 55.5 Å². The predicted molar refractivity (Wildman–Crippen MR) is 129 cm³/mol. The van der Waals surface area contributed by atoms with E-state index in [1.165, 1.54) is 18.3 Å². The summed E-state index contributed by atoms with van der Waals surface area (Å²) in [7, 11) is 0. The molecule has 156 valence electrons. The lowest BCUT2D eigenvalue weighted by Gasteiger charge is -2.02. The molecule has 32 heavy (non-hydrogen) atoms. The average molecular weight is 421 g/mol. The van der Waals surface area contributed by atoms with Crippen molar-refractivity contribution in [3.8, 4) is 22.5 Å². The minimum absolute atomic E-state index is 0.277. The number of allylic oxidation sites excluding steroid dienone is 2. The number of H-pyrrole nitrogens is 2. The van der Waals surface area contributed by atoms with E-state index in [1.807, 2.05) is 37.3 Å². The van der Waals surface area contributed by atoms with Crippen LogP contribution in [0.25, 0.3) is 49.9 Å². The Kier molecular flexibility index (Phi) is 4.95. The molecule has 0 radical (unpaired) electrons. The van der Waals surface area contributed by atoms with E-state index in [2.05, 4.69) is 37.8 Å². The number of aromatic nitrogens is 4. The minimum Gasteiger partial charge on any atom is -0.352 e. The number of aromatic amines is 2. The second-order valence-corrected chi connectivity index (χ2v) is 7.38. The Bertz CT molecular complexity index is 1520. The number of halogens is 1. The number of hydrogen-bond donors (Lipinski definition) is 2. The minimum atomic E-state index is -0.277. The van der Waals surface area contributed by atoms with Gasteiger partial charge < -0.3 is 4.98 Å². The van der Waals surface area contributed by atoms with Crippen LogP contribution in [0.15, 0.2) is 84.8 Å². The van der Waals surface area contributed by atoms with E-state index in [9.17, 15) is 4.39 Å². The quantitative estimate of drug-likeness (QED) is 0.317. The van der Waals surface area contributed by atoms with Crippen molar-refractivity contribution >= 4 is 33.6 Å². The van der Waals surface area contributed by atoms with Crippen LogP contribution in [0.1, 0.15) is 12.5 Å². The summed E-state index contributed by atoms with van der Waals surface area (Å²) in [4.78, 5) is 11.9. The van der Waals surface area contributed by atoms with Gasteiger partial charge in [-0.2, -0.15) is 5.10 Å². The molecule has 0 aliphatic carbocycles. The van der Waals surface area contributed by atoms with Crippen molar-refractivity contribution in [2.24, 2.45) is 4.99 Å². The van der Waals surface area contributed by atoms with Gasteiger partial charge in [0.05, 0.1) is 22.9 Å². The van der Waals surface area contributed by atoms with Gasteiger partial charge in [-0.3, -0.25) is 15.1 Å². The number of nitrogens with zero attached hydrogens (tertiary/aromatic N) is 3. The van der Waals surface area contributed by atoms with Crippen LogP contribution in [-0.4, -0.2) is 26.4 Å². The van der Waals surface area contributed by atoms with Gasteiger partial charge in [-0.05, 0) is 54.0 Å². The molecule has 0 aliphatic rings. The van der Waals surface area contributed by atoms with Crippen molar-refractivity contribution in [2.75, 3.05) is 0 Å². The molecule has 0 aliphatic heterocycles. The van der Waals surface area contributed by atoms with E-state index in [1.54, 1.807) is 24.7 Å². The zero-order chi connectivity index (χ0) is 22.1. The van der Waals surface area contributed by atoms with E-state index in [4.69, 9.17) is 0 Å². The molecule has 5 rings (SSSR count). The largest absolute Gasteiger partial charge is 0.352 e. The Morgan fingerprint density at radius 2 is 1.97 bits per heavy atom. The molecule has 0 spiro atoms. The number of aliphatic imine (C=N–C) groups is 1. The lowest BCUT2D eigenvalue weighted by Crippen LogP contribution is -1.86. The molecule has 6 heteroatoms. The maximum Gasteiger partial charge on any atom is 0.123 e. The van der Waals surface area contributed by atoms with Gasteiger partial charge in [-0.25, -0.2) is 4.39 Å². The van der Waals surface area contributed by atoms with Crippen molar-refractivity contribution < 1.29 is 4.39 Å². The zero-order valence-corrected chi connectivity index (χ0v) is 17.4. The molecular formula is C26H20FN5. The Hall–Kier alpha value is -4.32. The van der Waals surface area contributed by atoms with Crippen LogP contribution in [0, 0.1) is 5.82 Å². The molecule has 0 atom stereocenters. The summed E-state index contributed by atoms with van der Waals surface area (Å²) in [6.45, 7) is 5.62. The van der Waals surface area contributed by atoms with Gasteiger partial charge in [-0.15, -0.1) is 0 Å². The molecule has 0 fully saturated rings. The number of pyridine rings is 1. The number of fused-ring (bicyclic) bond motifs is 2. The van der Waals surface area contributed by atoms with Crippen LogP contribution in [0.4, 0.5) is 4.39 Å². The molecule has 3 heterocycles. The Morgan fingerprint density at radius 3 is 2.78 bits per heavy atom. The fraction of sp³-hybridized carbons (Fsp3) is 0.0385. The van der Waals surface area contributed by atoms with Crippen molar-refractivity contribution in [1.29, 1.82) is 0 Å². The lowest BCUT2D eigenvalue weighted by atomic mass is 10.0. The van der Waals surface area contributed by atoms with Crippen LogP contribution in [-0.2, 0) is 0 Å². The molecule has 3 aromatic heterocycles. The highest BCUT2D eigenvalue weighted by molar-refractivity contribution is 6.11. The summed E-state index contributed by atoms with van der Waals surface area (Å²) < 4.78 is 13.8. The smallest absolute Gasteiger partial charge is 0.123 e. The molecule has 5 aromatic rings. The first-order chi connectivity index (χ1) is 15.7. The van der Waals surface area contributed by atoms with Crippen molar-refractivity contribution in [1.82, 2.24) is 20.2 Å². The zero-order valence-electron chi connectivity index (χ0n) is 17.4. The Balaban J connectivity index is 1.65. The average Bonchev–Trinajstić information content (AvgIpc) is 3.43. The molecule has 2 aromatic carbocycles. The van der Waals surface area contributed by atoms with Gasteiger partial charge in [0.15, 0.2) is 0 Å². The maximum absolute atomic E-state index is 13.8. The maximum atomic E-state index is 13.8. The number of rotatable bonds is 5. The number of benzene rings is 2. The highest BCUT2D eigenvalue weighted by Gasteiger charge is 2.15. The molecule has 0 unspecified atom stereocenters. The molecule has 0 saturated carbocycles. The monoisotopic (exact) mass is 421 g/mol. The molecular weight excluding hydrogens is 401 g/mol. The highest BCUT2D eigenvalue weighted by atomic mass is 19.1. The van der Waals surface area contributed by atoms with Gasteiger partial charge in [0.1, 0.15) is 11.5 Å². The van der Waals surface area contributed by atoms with Crippen molar-refractivity contribution in [3.63, 3.8) is 0 Å². The SMILES string of the molecule is C=CN=C/C(=C\C)c1ccc2[nH]nc(-c3cc4c(-c5cccc(F)c5)cncc4[nH]3)c2c1. The summed E-state index contributed by atoms with van der Waals surface area (Å²) in [6, 6.07) is 14.7. The first kappa shape index (κ1) is 19.6. The van der Waals surface area contributed by atoms with Crippen LogP contribution in [0.3, 0.4) is 0 Å². The Labute approximate surface area is 184 Å². The molecule has 5 nitrogen and oxygen atoms in total. The highest BCUT2D eigenvalue weighted by Crippen LogP contribution is 2.34. The van der Waals surface area contributed by atoms with Crippen LogP contribution < -0.4 is 0 Å². The summed E-state index contributed by atoms with van der Waals surface area (Å²) in [6.07, 6.45) is 8.83. The molecule has 2 N–H and O–H groups in total. The van der Waals surface area contributed by atoms with E-state index >= 15 is 0 Å². The molecule has 0 amide bonds. The van der Waals surface area contributed by atoms with Gasteiger partial charge >= 0.3 is 0 Å². The predicted octanol–water partition coefficient (Wildman–Crippen LogP) is 6.53. The fourth-order valence-corrected chi connectivity index (χ4v) is 3.91. The van der Waals surface area contributed by atoms with Crippen molar-refractivity contribution in [2.45, 2.75) is 6.92 Å². The third-order valence-corrected chi connectivity index (χ3v) is 5.46. The first-order valence-corrected chi connectivity index (χ1v) is 10.2. The summed E-state index contributed by atoms with van der Waals surface area (Å²) >= 11 is 0. The second kappa shape index (κ2) is 8.07. The fourth-order valence-electron chi connectivity index (χ4n) is 3.91. The van der Waals surface area contributed by atoms with Gasteiger partial charge in [0.25, 0.3) is 0 Å². The third kappa shape index (κ3) is 3.41. The van der Waals surface area contributed by atoms with Gasteiger partial charge in [0, 0.05) is 34.9 Å². The topological polar surface area (TPSA) is 69.7 Å². The van der Waals surface area contributed by atoms with Crippen LogP contribution >= 0.6 is 0 Å². The van der Waals surface area contributed by atoms with Crippen LogP contribution in [0.5, 0.6) is 0 Å². The van der Waals surface area contributed by atoms with Gasteiger partial charge in [-0.1, -0.05) is 30.9 Å². The van der Waals surface area contributed by atoms with E-state index in [0.29, 0.717) is 0 Å². The third-order valence-electron chi connectivity index (χ3n) is 5.46. The summed E-state index contributed by atoms with van der Waals surface area (Å²) in [5.74, 6) is -0.277. The molecule has 0 saturated heterocycles. The van der Waals surface area contributed by atoms with Crippen LogP contribution in [0.2, 0.25) is 0 Å². The lowest BCUT2D eigenvalue weighted by molar-refractivity contribution is 0.628. The summed E-state index contributed by atoms with van der Waals surface area (Å²) in [5.41, 5.74) is 7.13. The normalized spacial score (nSPS) is 12.2. The molecule has 0 bridgehead atoms. The number of hydrogen-bond acceptors (Lipinski definition) is 3. The van der Waals surface area contributed by atoms with Gasteiger partial charge in [0.2, 0.25) is 0 Å². The van der Waals surface area contributed by atoms with E-state index in [-0.39, 0.29) is 5.82 Å². The standard InChI is InChI=1S/C26H20FN5/c1-3-16(13-28-4-2)17-8-9-23-21(11-17)26(32-31-23)24-12-20-22(14-29-15-25(20)30-24)18-6-5-7-19(27)10-18/h3-15,30H,2H2,1H3,(H,31,32)/b16-3+,28-13?. The van der Waals surface area contributed by atoms with E-state index < -0.39 is 0 Å². The number of nitrogens with one attached hydrogen (secondary N) is 2. The second-order valence-electron chi connectivity index (χ2n) is 7.38. The van der Waals surface area contributed by atoms with Crippen molar-refractivity contribution in [3.05, 3.63) is 91.2 Å². The Morgan fingerprint density at radius 1 is 1.06 bits per heavy atom. The summed E-state index contributed by atoms with van der Waals surface area (Å²) in [5, 5.41) is 9.61.